The van der Waals surface area contributed by atoms with E-state index in [2.05, 4.69) is 5.32 Å². The van der Waals surface area contributed by atoms with Crippen molar-refractivity contribution < 1.29 is 24.2 Å². The van der Waals surface area contributed by atoms with Crippen molar-refractivity contribution in [1.82, 2.24) is 5.32 Å². The Kier molecular flexibility index (Phi) is 4.47. The van der Waals surface area contributed by atoms with Crippen LogP contribution in [0.1, 0.15) is 27.2 Å². The van der Waals surface area contributed by atoms with Gasteiger partial charge in [-0.1, -0.05) is 0 Å². The molecule has 2 atom stereocenters. The molecule has 0 aromatic carbocycles. The monoisotopic (exact) mass is 245 g/mol. The first-order valence-electron chi connectivity index (χ1n) is 5.67. The van der Waals surface area contributed by atoms with Gasteiger partial charge in [-0.3, -0.25) is 9.59 Å². The molecule has 0 aromatic heterocycles. The highest BCUT2D eigenvalue weighted by Crippen LogP contribution is 2.28. The summed E-state index contributed by atoms with van der Waals surface area (Å²) in [6, 6.07) is 0. The molecule has 98 valence electrons. The molecule has 0 radical (unpaired) electrons. The third kappa shape index (κ3) is 3.98. The van der Waals surface area contributed by atoms with Gasteiger partial charge in [-0.05, 0) is 20.8 Å². The van der Waals surface area contributed by atoms with E-state index in [1.165, 1.54) is 0 Å². The molecule has 1 saturated heterocycles. The number of aliphatic carboxylic acids is 1. The van der Waals surface area contributed by atoms with E-state index in [-0.39, 0.29) is 18.9 Å². The Bertz CT molecular complexity index is 302. The van der Waals surface area contributed by atoms with Gasteiger partial charge in [0.25, 0.3) is 0 Å². The second-order valence-corrected chi connectivity index (χ2v) is 4.47. The van der Waals surface area contributed by atoms with Crippen molar-refractivity contribution >= 4 is 11.9 Å². The maximum Gasteiger partial charge on any atom is 0.309 e. The molecule has 1 fully saturated rings. The van der Waals surface area contributed by atoms with Crippen LogP contribution >= 0.6 is 0 Å². The van der Waals surface area contributed by atoms with E-state index >= 15 is 0 Å². The lowest BCUT2D eigenvalue weighted by Gasteiger charge is -2.20. The molecule has 2 unspecified atom stereocenters. The summed E-state index contributed by atoms with van der Waals surface area (Å²) in [5.41, 5.74) is 0. The largest absolute Gasteiger partial charge is 0.481 e. The minimum atomic E-state index is -1.04. The molecule has 1 heterocycles. The van der Waals surface area contributed by atoms with Crippen molar-refractivity contribution in [1.29, 1.82) is 0 Å². The third-order valence-electron chi connectivity index (χ3n) is 2.58. The van der Waals surface area contributed by atoms with Gasteiger partial charge in [0.05, 0.1) is 18.6 Å². The lowest BCUT2D eigenvalue weighted by atomic mass is 9.98. The zero-order valence-corrected chi connectivity index (χ0v) is 10.4. The molecule has 1 aliphatic heterocycles. The zero-order chi connectivity index (χ0) is 13.1. The molecule has 6 nitrogen and oxygen atoms in total. The van der Waals surface area contributed by atoms with E-state index < -0.39 is 23.8 Å². The van der Waals surface area contributed by atoms with Crippen LogP contribution in [0.5, 0.6) is 0 Å². The summed E-state index contributed by atoms with van der Waals surface area (Å²) in [6.45, 7) is 5.91. The first-order chi connectivity index (χ1) is 7.85. The summed E-state index contributed by atoms with van der Waals surface area (Å²) < 4.78 is 10.8. The predicted molar refractivity (Wildman–Crippen MR) is 59.3 cm³/mol. The van der Waals surface area contributed by atoms with Crippen LogP contribution in [0.4, 0.5) is 0 Å². The maximum atomic E-state index is 11.4. The highest BCUT2D eigenvalue weighted by Gasteiger charge is 2.41. The second kappa shape index (κ2) is 5.46. The second-order valence-electron chi connectivity index (χ2n) is 4.47. The van der Waals surface area contributed by atoms with Crippen molar-refractivity contribution in [2.45, 2.75) is 39.1 Å². The topological polar surface area (TPSA) is 84.9 Å². The summed E-state index contributed by atoms with van der Waals surface area (Å²) in [7, 11) is 0. The fourth-order valence-corrected chi connectivity index (χ4v) is 1.76. The lowest BCUT2D eigenvalue weighted by molar-refractivity contribution is -0.161. The van der Waals surface area contributed by atoms with Crippen LogP contribution in [0.3, 0.4) is 0 Å². The van der Waals surface area contributed by atoms with Gasteiger partial charge in [-0.25, -0.2) is 0 Å². The first-order valence-corrected chi connectivity index (χ1v) is 5.67. The molecule has 1 rings (SSSR count). The van der Waals surface area contributed by atoms with Gasteiger partial charge in [0.15, 0.2) is 5.79 Å². The molecule has 0 spiro atoms. The van der Waals surface area contributed by atoms with Gasteiger partial charge in [-0.2, -0.15) is 0 Å². The van der Waals surface area contributed by atoms with Crippen molar-refractivity contribution in [3.8, 4) is 0 Å². The quantitative estimate of drug-likeness (QED) is 0.730. The van der Waals surface area contributed by atoms with Crippen molar-refractivity contribution in [3.63, 3.8) is 0 Å². The minimum absolute atomic E-state index is 0.0900. The number of carbonyl (C=O) groups excluding carboxylic acids is 1. The molecular formula is C11H19NO5. The molecule has 17 heavy (non-hydrogen) atoms. The zero-order valence-electron chi connectivity index (χ0n) is 10.4. The Hall–Kier alpha value is -1.14. The van der Waals surface area contributed by atoms with Gasteiger partial charge in [-0.15, -0.1) is 0 Å². The molecule has 1 amide bonds. The number of carboxylic acid groups (broad SMARTS) is 1. The molecule has 0 saturated carbocycles. The number of hydrogen-bond donors (Lipinski definition) is 2. The molecular weight excluding hydrogens is 226 g/mol. The van der Waals surface area contributed by atoms with E-state index in [9.17, 15) is 9.59 Å². The van der Waals surface area contributed by atoms with Crippen molar-refractivity contribution in [2.24, 2.45) is 5.92 Å². The van der Waals surface area contributed by atoms with E-state index in [4.69, 9.17) is 14.6 Å². The predicted octanol–water partition coefficient (Wildman–Crippen LogP) is 0.365. The molecule has 0 aromatic rings. The number of carbonyl (C=O) groups is 2. The lowest BCUT2D eigenvalue weighted by Crippen LogP contribution is -2.36. The molecule has 1 aliphatic rings. The number of hydrogen-bond acceptors (Lipinski definition) is 4. The average Bonchev–Trinajstić information content (AvgIpc) is 2.55. The number of rotatable bonds is 5. The Balaban J connectivity index is 2.61. The van der Waals surface area contributed by atoms with Gasteiger partial charge >= 0.3 is 5.97 Å². The smallest absolute Gasteiger partial charge is 0.309 e. The Morgan fingerprint density at radius 1 is 1.53 bits per heavy atom. The van der Waals surface area contributed by atoms with Crippen molar-refractivity contribution in [2.75, 3.05) is 13.2 Å². The Morgan fingerprint density at radius 2 is 2.18 bits per heavy atom. The molecule has 0 aliphatic carbocycles. The summed E-state index contributed by atoms with van der Waals surface area (Å²) in [5, 5.41) is 11.7. The van der Waals surface area contributed by atoms with Gasteiger partial charge in [0.1, 0.15) is 0 Å². The van der Waals surface area contributed by atoms with E-state index in [0.717, 1.165) is 0 Å². The highest BCUT2D eigenvalue weighted by atomic mass is 16.7. The maximum absolute atomic E-state index is 11.4. The Morgan fingerprint density at radius 3 is 2.59 bits per heavy atom. The standard InChI is InChI=1S/C11H19NO5/c1-4-12-9(13)5-7(10(14)15)8-6-16-11(2,3)17-8/h7-8H,4-6H2,1-3H3,(H,12,13)(H,14,15). The van der Waals surface area contributed by atoms with Crippen LogP contribution in [0, 0.1) is 5.92 Å². The van der Waals surface area contributed by atoms with Crippen LogP contribution in [-0.4, -0.2) is 42.0 Å². The van der Waals surface area contributed by atoms with Gasteiger partial charge < -0.3 is 19.9 Å². The van der Waals surface area contributed by atoms with Crippen LogP contribution in [-0.2, 0) is 19.1 Å². The first kappa shape index (κ1) is 13.9. The summed E-state index contributed by atoms with van der Waals surface area (Å²) in [6.07, 6.45) is -0.669. The van der Waals surface area contributed by atoms with E-state index in [0.29, 0.717) is 6.54 Å². The molecule has 2 N–H and O–H groups in total. The van der Waals surface area contributed by atoms with Crippen LogP contribution in [0.2, 0.25) is 0 Å². The SMILES string of the molecule is CCNC(=O)CC(C(=O)O)C1COC(C)(C)O1. The van der Waals surface area contributed by atoms with Crippen LogP contribution < -0.4 is 5.32 Å². The Labute approximate surface area is 100 Å². The molecule has 0 bridgehead atoms. The van der Waals surface area contributed by atoms with E-state index in [1.807, 2.05) is 0 Å². The fraction of sp³-hybridized carbons (Fsp3) is 0.818. The van der Waals surface area contributed by atoms with Crippen LogP contribution in [0.25, 0.3) is 0 Å². The normalized spacial score (nSPS) is 24.3. The minimum Gasteiger partial charge on any atom is -0.481 e. The number of amides is 1. The fourth-order valence-electron chi connectivity index (χ4n) is 1.76. The van der Waals surface area contributed by atoms with Crippen molar-refractivity contribution in [3.05, 3.63) is 0 Å². The number of ether oxygens (including phenoxy) is 2. The van der Waals surface area contributed by atoms with Crippen LogP contribution in [0.15, 0.2) is 0 Å². The van der Waals surface area contributed by atoms with Gasteiger partial charge in [0, 0.05) is 13.0 Å². The highest BCUT2D eigenvalue weighted by molar-refractivity contribution is 5.82. The molecule has 6 heteroatoms. The summed E-state index contributed by atoms with van der Waals surface area (Å²) in [4.78, 5) is 22.5. The average molecular weight is 245 g/mol. The number of carboxylic acids is 1. The summed E-state index contributed by atoms with van der Waals surface area (Å²) >= 11 is 0. The number of nitrogens with one attached hydrogen (secondary N) is 1. The summed E-state index contributed by atoms with van der Waals surface area (Å²) in [5.74, 6) is -2.97. The third-order valence-corrected chi connectivity index (χ3v) is 2.58. The van der Waals surface area contributed by atoms with E-state index in [1.54, 1.807) is 20.8 Å². The van der Waals surface area contributed by atoms with Gasteiger partial charge in [0.2, 0.25) is 5.91 Å².